The Hall–Kier alpha value is -0.470. The lowest BCUT2D eigenvalue weighted by atomic mass is 10.1. The van der Waals surface area contributed by atoms with Crippen molar-refractivity contribution in [3.8, 4) is 0 Å². The Bertz CT molecular complexity index is 592. The van der Waals surface area contributed by atoms with Crippen LogP contribution < -0.4 is 0 Å². The quantitative estimate of drug-likeness (QED) is 0.921. The zero-order chi connectivity index (χ0) is 15.1. The molecule has 1 aromatic heterocycles. The average Bonchev–Trinajstić information content (AvgIpc) is 2.68. The fourth-order valence-corrected chi connectivity index (χ4v) is 5.93. The van der Waals surface area contributed by atoms with Gasteiger partial charge in [-0.2, -0.15) is 4.31 Å². The largest absolute Gasteiger partial charge is 0.391 e. The van der Waals surface area contributed by atoms with Crippen molar-refractivity contribution in [3.63, 3.8) is 0 Å². The first-order valence-corrected chi connectivity index (χ1v) is 8.85. The Labute approximate surface area is 124 Å². The SMILES string of the molecule is Cc1csc(CO)c1S(=O)(=O)N1CC(C)OC(C)(C)C1. The Morgan fingerprint density at radius 1 is 1.55 bits per heavy atom. The van der Waals surface area contributed by atoms with Gasteiger partial charge in [-0.15, -0.1) is 11.3 Å². The number of hydrogen-bond donors (Lipinski definition) is 1. The first-order chi connectivity index (χ1) is 9.17. The summed E-state index contributed by atoms with van der Waals surface area (Å²) in [7, 11) is -3.59. The highest BCUT2D eigenvalue weighted by Gasteiger charge is 2.39. The zero-order valence-corrected chi connectivity index (χ0v) is 13.8. The number of rotatable bonds is 3. The highest BCUT2D eigenvalue weighted by atomic mass is 32.2. The number of aryl methyl sites for hydroxylation is 1. The minimum Gasteiger partial charge on any atom is -0.391 e. The molecule has 0 radical (unpaired) electrons. The van der Waals surface area contributed by atoms with Crippen LogP contribution in [0.2, 0.25) is 0 Å². The van der Waals surface area contributed by atoms with Gasteiger partial charge in [0, 0.05) is 13.1 Å². The van der Waals surface area contributed by atoms with Crippen molar-refractivity contribution in [3.05, 3.63) is 15.8 Å². The van der Waals surface area contributed by atoms with Gasteiger partial charge in [-0.05, 0) is 38.6 Å². The van der Waals surface area contributed by atoms with E-state index >= 15 is 0 Å². The van der Waals surface area contributed by atoms with Crippen molar-refractivity contribution < 1.29 is 18.3 Å². The molecule has 1 saturated heterocycles. The molecule has 0 bridgehead atoms. The number of nitrogens with zero attached hydrogens (tertiary/aromatic N) is 1. The smallest absolute Gasteiger partial charge is 0.244 e. The normalized spacial score (nSPS) is 23.9. The molecule has 2 heterocycles. The third-order valence-corrected chi connectivity index (χ3v) is 6.53. The van der Waals surface area contributed by atoms with Gasteiger partial charge in [-0.3, -0.25) is 0 Å². The summed E-state index contributed by atoms with van der Waals surface area (Å²) >= 11 is 1.28. The van der Waals surface area contributed by atoms with Crippen molar-refractivity contribution in [1.82, 2.24) is 4.31 Å². The van der Waals surface area contributed by atoms with E-state index in [1.807, 2.05) is 20.8 Å². The molecule has 20 heavy (non-hydrogen) atoms. The van der Waals surface area contributed by atoms with Crippen LogP contribution in [0.15, 0.2) is 10.3 Å². The molecule has 2 rings (SSSR count). The van der Waals surface area contributed by atoms with Crippen molar-refractivity contribution in [1.29, 1.82) is 0 Å². The number of aliphatic hydroxyl groups excluding tert-OH is 1. The first kappa shape index (κ1) is 15.9. The molecule has 7 heteroatoms. The maximum atomic E-state index is 12.8. The molecule has 1 fully saturated rings. The topological polar surface area (TPSA) is 66.8 Å². The monoisotopic (exact) mass is 319 g/mol. The van der Waals surface area contributed by atoms with E-state index in [0.717, 1.165) is 0 Å². The van der Waals surface area contributed by atoms with Gasteiger partial charge < -0.3 is 9.84 Å². The van der Waals surface area contributed by atoms with Gasteiger partial charge in [0.1, 0.15) is 4.90 Å². The molecule has 0 spiro atoms. The summed E-state index contributed by atoms with van der Waals surface area (Å²) in [6, 6.07) is 0. The Morgan fingerprint density at radius 2 is 2.20 bits per heavy atom. The van der Waals surface area contributed by atoms with Crippen molar-refractivity contribution >= 4 is 21.4 Å². The maximum absolute atomic E-state index is 12.8. The number of hydrogen-bond acceptors (Lipinski definition) is 5. The molecule has 1 aliphatic heterocycles. The van der Waals surface area contributed by atoms with Crippen LogP contribution in [0.5, 0.6) is 0 Å². The molecule has 1 atom stereocenters. The standard InChI is InChI=1S/C13H21NO4S2/c1-9-7-19-11(6-15)12(9)20(16,17)14-5-10(2)18-13(3,4)8-14/h7,10,15H,5-6,8H2,1-4H3. The average molecular weight is 319 g/mol. The first-order valence-electron chi connectivity index (χ1n) is 6.53. The van der Waals surface area contributed by atoms with Crippen LogP contribution in [0.25, 0.3) is 0 Å². The lowest BCUT2D eigenvalue weighted by Gasteiger charge is -2.41. The minimum absolute atomic E-state index is 0.148. The lowest BCUT2D eigenvalue weighted by molar-refractivity contribution is -0.109. The van der Waals surface area contributed by atoms with Crippen LogP contribution in [0.3, 0.4) is 0 Å². The summed E-state index contributed by atoms with van der Waals surface area (Å²) in [5.41, 5.74) is 0.185. The molecule has 114 valence electrons. The fraction of sp³-hybridized carbons (Fsp3) is 0.692. The van der Waals surface area contributed by atoms with E-state index < -0.39 is 15.6 Å². The van der Waals surface area contributed by atoms with Crippen molar-refractivity contribution in [2.75, 3.05) is 13.1 Å². The van der Waals surface area contributed by atoms with E-state index in [2.05, 4.69) is 0 Å². The van der Waals surface area contributed by atoms with Crippen LogP contribution >= 0.6 is 11.3 Å². The van der Waals surface area contributed by atoms with E-state index in [1.165, 1.54) is 15.6 Å². The molecule has 1 aromatic rings. The molecular weight excluding hydrogens is 298 g/mol. The third-order valence-electron chi connectivity index (χ3n) is 3.27. The van der Waals surface area contributed by atoms with Gasteiger partial charge in [0.2, 0.25) is 10.0 Å². The predicted molar refractivity (Wildman–Crippen MR) is 78.4 cm³/mol. The summed E-state index contributed by atoms with van der Waals surface area (Å²) in [5.74, 6) is 0. The van der Waals surface area contributed by atoms with Gasteiger partial charge in [-0.1, -0.05) is 0 Å². The summed E-state index contributed by atoms with van der Waals surface area (Å²) in [6.07, 6.45) is -0.148. The van der Waals surface area contributed by atoms with E-state index in [4.69, 9.17) is 4.74 Å². The number of thiophene rings is 1. The summed E-state index contributed by atoms with van der Waals surface area (Å²) in [4.78, 5) is 0.759. The lowest BCUT2D eigenvalue weighted by Crippen LogP contribution is -2.53. The van der Waals surface area contributed by atoms with Gasteiger partial charge >= 0.3 is 0 Å². The highest BCUT2D eigenvalue weighted by Crippen LogP contribution is 2.32. The van der Waals surface area contributed by atoms with Gasteiger partial charge in [0.15, 0.2) is 0 Å². The second-order valence-corrected chi connectivity index (χ2v) is 8.65. The van der Waals surface area contributed by atoms with Gasteiger partial charge in [-0.25, -0.2) is 8.42 Å². The second kappa shape index (κ2) is 5.38. The van der Waals surface area contributed by atoms with Crippen molar-refractivity contribution in [2.45, 2.75) is 50.9 Å². The van der Waals surface area contributed by atoms with Crippen LogP contribution in [0.1, 0.15) is 31.2 Å². The number of sulfonamides is 1. The number of ether oxygens (including phenoxy) is 1. The number of morpholine rings is 1. The minimum atomic E-state index is -3.59. The predicted octanol–water partition coefficient (Wildman–Crippen LogP) is 1.74. The Balaban J connectivity index is 2.42. The molecule has 5 nitrogen and oxygen atoms in total. The van der Waals surface area contributed by atoms with Crippen LogP contribution in [-0.2, 0) is 21.4 Å². The van der Waals surface area contributed by atoms with Crippen LogP contribution in [-0.4, -0.2) is 42.6 Å². The highest BCUT2D eigenvalue weighted by molar-refractivity contribution is 7.89. The molecule has 1 aliphatic rings. The van der Waals surface area contributed by atoms with Crippen molar-refractivity contribution in [2.24, 2.45) is 0 Å². The van der Waals surface area contributed by atoms with E-state index in [1.54, 1.807) is 12.3 Å². The molecular formula is C13H21NO4S2. The van der Waals surface area contributed by atoms with E-state index in [0.29, 0.717) is 23.5 Å². The van der Waals surface area contributed by atoms with E-state index in [-0.39, 0.29) is 17.6 Å². The number of aliphatic hydroxyl groups is 1. The molecule has 0 amide bonds. The Kier molecular flexibility index (Phi) is 4.28. The van der Waals surface area contributed by atoms with Crippen LogP contribution in [0.4, 0.5) is 0 Å². The van der Waals surface area contributed by atoms with E-state index in [9.17, 15) is 13.5 Å². The fourth-order valence-electron chi connectivity index (χ4n) is 2.65. The zero-order valence-electron chi connectivity index (χ0n) is 12.2. The second-order valence-electron chi connectivity index (χ2n) is 5.81. The van der Waals surface area contributed by atoms with Crippen LogP contribution in [0, 0.1) is 6.92 Å². The molecule has 0 aliphatic carbocycles. The summed E-state index contributed by atoms with van der Waals surface area (Å²) in [5, 5.41) is 11.1. The van der Waals surface area contributed by atoms with Gasteiger partial charge in [0.05, 0.1) is 23.2 Å². The Morgan fingerprint density at radius 3 is 2.75 bits per heavy atom. The molecule has 1 N–H and O–H groups in total. The summed E-state index contributed by atoms with van der Waals surface area (Å²) < 4.78 is 32.9. The summed E-state index contributed by atoms with van der Waals surface area (Å²) in [6.45, 7) is 7.81. The molecule has 1 unspecified atom stereocenters. The molecule has 0 saturated carbocycles. The van der Waals surface area contributed by atoms with Gasteiger partial charge in [0.25, 0.3) is 0 Å². The third kappa shape index (κ3) is 2.92. The molecule has 0 aromatic carbocycles. The maximum Gasteiger partial charge on any atom is 0.244 e.